The number of rotatable bonds is 8. The van der Waals surface area contributed by atoms with E-state index in [4.69, 9.17) is 21.1 Å². The first-order valence-corrected chi connectivity index (χ1v) is 7.25. The molecule has 108 valence electrons. The summed E-state index contributed by atoms with van der Waals surface area (Å²) in [5, 5.41) is -0.144. The standard InChI is InChI=1S/C12H18ClNO4S/c1-17-11-4-3-9(8-12(11)18-2)7-10(13)5-6-14-19(15)16/h3-4,8,10,14H,5-7H2,1-2H3,(H,15,16)/p-1. The van der Waals surface area contributed by atoms with Crippen LogP contribution in [0.5, 0.6) is 11.5 Å². The SMILES string of the molecule is COc1ccc(CC(Cl)CCNS(=O)[O-])cc1OC. The zero-order chi connectivity index (χ0) is 14.3. The van der Waals surface area contributed by atoms with Crippen molar-refractivity contribution in [2.75, 3.05) is 20.8 Å². The molecule has 0 fully saturated rings. The van der Waals surface area contributed by atoms with E-state index in [-0.39, 0.29) is 5.38 Å². The molecule has 1 aromatic carbocycles. The molecule has 0 amide bonds. The highest BCUT2D eigenvalue weighted by Crippen LogP contribution is 2.28. The van der Waals surface area contributed by atoms with Crippen molar-refractivity contribution in [2.24, 2.45) is 0 Å². The molecule has 1 rings (SSSR count). The molecule has 0 aliphatic heterocycles. The minimum atomic E-state index is -2.23. The Labute approximate surface area is 120 Å². The average molecular weight is 307 g/mol. The Morgan fingerprint density at radius 1 is 1.37 bits per heavy atom. The summed E-state index contributed by atoms with van der Waals surface area (Å²) >= 11 is 3.92. The topological polar surface area (TPSA) is 70.6 Å². The van der Waals surface area contributed by atoms with Gasteiger partial charge in [-0.3, -0.25) is 4.21 Å². The van der Waals surface area contributed by atoms with Crippen LogP contribution in [-0.2, 0) is 17.7 Å². The molecule has 2 atom stereocenters. The van der Waals surface area contributed by atoms with Crippen molar-refractivity contribution in [1.82, 2.24) is 4.72 Å². The number of methoxy groups -OCH3 is 2. The van der Waals surface area contributed by atoms with Gasteiger partial charge in [0.1, 0.15) is 0 Å². The fraction of sp³-hybridized carbons (Fsp3) is 0.500. The van der Waals surface area contributed by atoms with Crippen molar-refractivity contribution in [3.63, 3.8) is 0 Å². The van der Waals surface area contributed by atoms with Gasteiger partial charge in [0, 0.05) is 23.2 Å². The smallest absolute Gasteiger partial charge is 0.160 e. The molecule has 0 saturated heterocycles. The van der Waals surface area contributed by atoms with E-state index in [1.165, 1.54) is 0 Å². The Morgan fingerprint density at radius 2 is 2.05 bits per heavy atom. The van der Waals surface area contributed by atoms with Crippen LogP contribution < -0.4 is 14.2 Å². The maximum absolute atomic E-state index is 10.3. The molecule has 7 heteroatoms. The summed E-state index contributed by atoms with van der Waals surface area (Å²) in [7, 11) is 3.16. The summed E-state index contributed by atoms with van der Waals surface area (Å²) < 4.78 is 33.3. The van der Waals surface area contributed by atoms with Gasteiger partial charge < -0.3 is 14.0 Å². The third kappa shape index (κ3) is 5.78. The van der Waals surface area contributed by atoms with Gasteiger partial charge in [-0.2, -0.15) is 0 Å². The lowest BCUT2D eigenvalue weighted by molar-refractivity contribution is 0.354. The molecule has 0 aliphatic carbocycles. The van der Waals surface area contributed by atoms with E-state index in [0.717, 1.165) is 5.56 Å². The van der Waals surface area contributed by atoms with Crippen LogP contribution in [0.2, 0.25) is 0 Å². The van der Waals surface area contributed by atoms with Crippen LogP contribution in [0, 0.1) is 0 Å². The molecule has 1 aromatic rings. The van der Waals surface area contributed by atoms with E-state index < -0.39 is 11.3 Å². The number of alkyl halides is 1. The van der Waals surface area contributed by atoms with Crippen molar-refractivity contribution < 1.29 is 18.2 Å². The van der Waals surface area contributed by atoms with Crippen LogP contribution in [0.4, 0.5) is 0 Å². The van der Waals surface area contributed by atoms with Crippen molar-refractivity contribution in [2.45, 2.75) is 18.2 Å². The van der Waals surface area contributed by atoms with Crippen LogP contribution in [0.25, 0.3) is 0 Å². The van der Waals surface area contributed by atoms with Crippen molar-refractivity contribution in [3.05, 3.63) is 23.8 Å². The number of nitrogens with one attached hydrogen (secondary N) is 1. The van der Waals surface area contributed by atoms with Gasteiger partial charge in [0.15, 0.2) is 11.5 Å². The third-order valence-electron chi connectivity index (χ3n) is 2.58. The first-order chi connectivity index (χ1) is 9.06. The zero-order valence-electron chi connectivity index (χ0n) is 10.8. The number of benzene rings is 1. The second-order valence-electron chi connectivity index (χ2n) is 3.91. The molecule has 0 radical (unpaired) electrons. The quantitative estimate of drug-likeness (QED) is 0.585. The number of hydrogen-bond donors (Lipinski definition) is 1. The molecule has 19 heavy (non-hydrogen) atoms. The highest BCUT2D eigenvalue weighted by molar-refractivity contribution is 7.77. The fourth-order valence-electron chi connectivity index (χ4n) is 1.66. The molecule has 0 saturated carbocycles. The highest BCUT2D eigenvalue weighted by atomic mass is 35.5. The summed E-state index contributed by atoms with van der Waals surface area (Å²) in [5.74, 6) is 1.32. The van der Waals surface area contributed by atoms with Crippen molar-refractivity contribution in [3.8, 4) is 11.5 Å². The van der Waals surface area contributed by atoms with Gasteiger partial charge in [0.25, 0.3) is 0 Å². The lowest BCUT2D eigenvalue weighted by Gasteiger charge is -2.13. The molecule has 2 unspecified atom stereocenters. The molecule has 0 spiro atoms. The minimum absolute atomic E-state index is 0.144. The molecule has 1 N–H and O–H groups in total. The Hall–Kier alpha value is -0.820. The summed E-state index contributed by atoms with van der Waals surface area (Å²) in [5.41, 5.74) is 1.01. The normalized spacial score (nSPS) is 13.9. The van der Waals surface area contributed by atoms with Gasteiger partial charge in [0.05, 0.1) is 14.2 Å². The van der Waals surface area contributed by atoms with E-state index in [1.54, 1.807) is 14.2 Å². The zero-order valence-corrected chi connectivity index (χ0v) is 12.4. The highest BCUT2D eigenvalue weighted by Gasteiger charge is 2.09. The lowest BCUT2D eigenvalue weighted by atomic mass is 10.1. The summed E-state index contributed by atoms with van der Waals surface area (Å²) in [4.78, 5) is 0. The maximum Gasteiger partial charge on any atom is 0.160 e. The van der Waals surface area contributed by atoms with Gasteiger partial charge >= 0.3 is 0 Å². The third-order valence-corrected chi connectivity index (χ3v) is 3.39. The molecule has 0 aliphatic rings. The molecule has 0 bridgehead atoms. The predicted molar refractivity (Wildman–Crippen MR) is 74.4 cm³/mol. The Balaban J connectivity index is 2.54. The van der Waals surface area contributed by atoms with Gasteiger partial charge in [-0.05, 0) is 30.5 Å². The van der Waals surface area contributed by atoms with Crippen molar-refractivity contribution >= 4 is 22.9 Å². The Bertz CT molecular complexity index is 430. The molecule has 5 nitrogen and oxygen atoms in total. The van der Waals surface area contributed by atoms with Gasteiger partial charge in [-0.25, -0.2) is 4.72 Å². The van der Waals surface area contributed by atoms with Crippen LogP contribution in [0.1, 0.15) is 12.0 Å². The maximum atomic E-state index is 10.3. The molecule has 0 heterocycles. The van der Waals surface area contributed by atoms with Crippen LogP contribution in [0.15, 0.2) is 18.2 Å². The number of ether oxygens (including phenoxy) is 2. The molecular weight excluding hydrogens is 290 g/mol. The van der Waals surface area contributed by atoms with Crippen molar-refractivity contribution in [1.29, 1.82) is 0 Å². The molecular formula is C12H17ClNO4S-. The fourth-order valence-corrected chi connectivity index (χ4v) is 2.24. The Morgan fingerprint density at radius 3 is 2.63 bits per heavy atom. The van der Waals surface area contributed by atoms with E-state index in [2.05, 4.69) is 4.72 Å². The van der Waals surface area contributed by atoms with Crippen LogP contribution >= 0.6 is 11.6 Å². The second kappa shape index (κ2) is 8.37. The Kier molecular flexibility index (Phi) is 7.15. The average Bonchev–Trinajstić information content (AvgIpc) is 2.38. The second-order valence-corrected chi connectivity index (χ2v) is 5.28. The monoisotopic (exact) mass is 306 g/mol. The number of halogens is 1. The van der Waals surface area contributed by atoms with Crippen LogP contribution in [0.3, 0.4) is 0 Å². The largest absolute Gasteiger partial charge is 0.760 e. The van der Waals surface area contributed by atoms with Gasteiger partial charge in [0.2, 0.25) is 0 Å². The van der Waals surface area contributed by atoms with E-state index in [9.17, 15) is 8.76 Å². The summed E-state index contributed by atoms with van der Waals surface area (Å²) in [6, 6.07) is 5.60. The molecule has 0 aromatic heterocycles. The van der Waals surface area contributed by atoms with Gasteiger partial charge in [-0.15, -0.1) is 11.6 Å². The summed E-state index contributed by atoms with van der Waals surface area (Å²) in [6.07, 6.45) is 1.19. The first kappa shape index (κ1) is 16.2. The lowest BCUT2D eigenvalue weighted by Crippen LogP contribution is -2.21. The number of hydrogen-bond acceptors (Lipinski definition) is 4. The minimum Gasteiger partial charge on any atom is -0.760 e. The predicted octanol–water partition coefficient (Wildman–Crippen LogP) is 1.63. The van der Waals surface area contributed by atoms with Crippen LogP contribution in [-0.4, -0.2) is 34.9 Å². The first-order valence-electron chi connectivity index (χ1n) is 5.74. The van der Waals surface area contributed by atoms with E-state index >= 15 is 0 Å². The summed E-state index contributed by atoms with van der Waals surface area (Å²) in [6.45, 7) is 0.331. The van der Waals surface area contributed by atoms with E-state index in [0.29, 0.717) is 30.9 Å². The van der Waals surface area contributed by atoms with E-state index in [1.807, 2.05) is 18.2 Å². The van der Waals surface area contributed by atoms with Gasteiger partial charge in [-0.1, -0.05) is 6.07 Å².